The fraction of sp³-hybridized carbons (Fsp3) is 0. The summed E-state index contributed by atoms with van der Waals surface area (Å²) in [6, 6.07) is 15.5. The third-order valence-corrected chi connectivity index (χ3v) is 2.96. The number of carbonyl (C=O) groups is 1. The molecule has 1 aromatic heterocycles. The molecule has 100 valence electrons. The van der Waals surface area contributed by atoms with Gasteiger partial charge >= 0.3 is 6.09 Å². The number of anilines is 1. The molecular weight excluding hydrogens is 256 g/mol. The highest BCUT2D eigenvalue weighted by Gasteiger charge is 2.11. The molecule has 0 aliphatic carbocycles. The lowest BCUT2D eigenvalue weighted by molar-refractivity contribution is 0.132. The number of primary amides is 1. The lowest BCUT2D eigenvalue weighted by Crippen LogP contribution is -2.26. The van der Waals surface area contributed by atoms with Gasteiger partial charge in [-0.25, -0.2) is 4.79 Å². The van der Waals surface area contributed by atoms with E-state index < -0.39 is 6.09 Å². The fourth-order valence-corrected chi connectivity index (χ4v) is 2.08. The molecule has 0 saturated heterocycles. The zero-order valence-corrected chi connectivity index (χ0v) is 10.5. The number of nitrogens with two attached hydrogens (primary N) is 2. The van der Waals surface area contributed by atoms with Gasteiger partial charge < -0.3 is 11.5 Å². The molecule has 0 aliphatic rings. The lowest BCUT2D eigenvalue weighted by Gasteiger charge is -2.03. The summed E-state index contributed by atoms with van der Waals surface area (Å²) in [5.41, 5.74) is 13.5. The third kappa shape index (κ3) is 2.03. The number of rotatable bonds is 2. The normalized spacial score (nSPS) is 10.6. The summed E-state index contributed by atoms with van der Waals surface area (Å²) in [5, 5.41) is 4.64. The number of benzene rings is 2. The first kappa shape index (κ1) is 12.0. The van der Waals surface area contributed by atoms with Crippen molar-refractivity contribution in [1.29, 1.82) is 0 Å². The van der Waals surface area contributed by atoms with Crippen LogP contribution in [0.3, 0.4) is 0 Å². The number of amides is 1. The number of aromatic nitrogens is 2. The molecule has 0 bridgehead atoms. The molecule has 0 fully saturated rings. The average Bonchev–Trinajstić information content (AvgIpc) is 2.75. The molecule has 1 amide bonds. The molecule has 1 heterocycles. The van der Waals surface area contributed by atoms with Gasteiger partial charge in [0.15, 0.2) is 5.82 Å². The Morgan fingerprint density at radius 2 is 1.85 bits per heavy atom. The summed E-state index contributed by atoms with van der Waals surface area (Å²) in [7, 11) is 0. The standard InChI is InChI=1S/C14H12N4O2/c15-13-11-8-10(9-4-2-1-3-5-9)6-7-12(11)18(17-13)20-14(16)19/h1-8H,(H2,15,17)(H2,16,19). The molecule has 3 rings (SSSR count). The summed E-state index contributed by atoms with van der Waals surface area (Å²) in [5.74, 6) is 0.277. The molecular formula is C14H12N4O2. The molecule has 6 heteroatoms. The molecule has 3 aromatic rings. The van der Waals surface area contributed by atoms with E-state index in [1.54, 1.807) is 6.07 Å². The van der Waals surface area contributed by atoms with E-state index in [0.29, 0.717) is 10.9 Å². The summed E-state index contributed by atoms with van der Waals surface area (Å²) >= 11 is 0. The van der Waals surface area contributed by atoms with E-state index in [2.05, 4.69) is 5.10 Å². The maximum atomic E-state index is 10.8. The van der Waals surface area contributed by atoms with E-state index in [-0.39, 0.29) is 5.82 Å². The first-order valence-corrected chi connectivity index (χ1v) is 5.96. The van der Waals surface area contributed by atoms with Crippen molar-refractivity contribution in [1.82, 2.24) is 9.94 Å². The summed E-state index contributed by atoms with van der Waals surface area (Å²) in [6.07, 6.45) is -0.943. The van der Waals surface area contributed by atoms with Crippen molar-refractivity contribution in [3.05, 3.63) is 48.5 Å². The van der Waals surface area contributed by atoms with Crippen LogP contribution in [0.2, 0.25) is 0 Å². The van der Waals surface area contributed by atoms with Crippen molar-refractivity contribution in [3.63, 3.8) is 0 Å². The van der Waals surface area contributed by atoms with E-state index in [9.17, 15) is 4.79 Å². The molecule has 0 unspecified atom stereocenters. The maximum Gasteiger partial charge on any atom is 0.430 e. The minimum Gasteiger partial charge on any atom is -0.382 e. The smallest absolute Gasteiger partial charge is 0.382 e. The Kier molecular flexibility index (Phi) is 2.76. The highest BCUT2D eigenvalue weighted by Crippen LogP contribution is 2.27. The van der Waals surface area contributed by atoms with Crippen LogP contribution >= 0.6 is 0 Å². The number of nitrogen functional groups attached to an aromatic ring is 1. The van der Waals surface area contributed by atoms with Crippen LogP contribution in [0.25, 0.3) is 22.0 Å². The number of nitrogens with zero attached hydrogens (tertiary/aromatic N) is 2. The molecule has 0 spiro atoms. The second kappa shape index (κ2) is 4.58. The van der Waals surface area contributed by atoms with Gasteiger partial charge in [-0.2, -0.15) is 0 Å². The summed E-state index contributed by atoms with van der Waals surface area (Å²) in [4.78, 5) is 16.6. The molecule has 4 N–H and O–H groups in total. The summed E-state index contributed by atoms with van der Waals surface area (Å²) < 4.78 is 0. The van der Waals surface area contributed by atoms with Gasteiger partial charge in [0.1, 0.15) is 5.52 Å². The number of fused-ring (bicyclic) bond motifs is 1. The van der Waals surface area contributed by atoms with Crippen LogP contribution in [0.1, 0.15) is 0 Å². The van der Waals surface area contributed by atoms with Crippen molar-refractivity contribution in [3.8, 4) is 11.1 Å². The van der Waals surface area contributed by atoms with Crippen LogP contribution in [0.5, 0.6) is 0 Å². The van der Waals surface area contributed by atoms with Crippen LogP contribution in [-0.4, -0.2) is 16.0 Å². The Bertz CT molecular complexity index is 780. The molecule has 0 atom stereocenters. The quantitative estimate of drug-likeness (QED) is 0.740. The highest BCUT2D eigenvalue weighted by molar-refractivity contribution is 5.92. The topological polar surface area (TPSA) is 96.2 Å². The van der Waals surface area contributed by atoms with Gasteiger partial charge in [-0.3, -0.25) is 4.84 Å². The van der Waals surface area contributed by atoms with Crippen molar-refractivity contribution in [2.75, 3.05) is 5.73 Å². The third-order valence-electron chi connectivity index (χ3n) is 2.96. The van der Waals surface area contributed by atoms with Crippen LogP contribution in [-0.2, 0) is 0 Å². The second-order valence-corrected chi connectivity index (χ2v) is 4.27. The van der Waals surface area contributed by atoms with Crippen molar-refractivity contribution >= 4 is 22.8 Å². The van der Waals surface area contributed by atoms with E-state index >= 15 is 0 Å². The van der Waals surface area contributed by atoms with Crippen molar-refractivity contribution in [2.45, 2.75) is 0 Å². The van der Waals surface area contributed by atoms with Gasteiger partial charge in [0.2, 0.25) is 0 Å². The Morgan fingerprint density at radius 1 is 1.10 bits per heavy atom. The number of hydrogen-bond donors (Lipinski definition) is 2. The predicted molar refractivity (Wildman–Crippen MR) is 75.7 cm³/mol. The zero-order valence-electron chi connectivity index (χ0n) is 10.5. The Hall–Kier alpha value is -3.02. The maximum absolute atomic E-state index is 10.8. The second-order valence-electron chi connectivity index (χ2n) is 4.27. The number of carbonyl (C=O) groups excluding carboxylic acids is 1. The Morgan fingerprint density at radius 3 is 2.55 bits per heavy atom. The monoisotopic (exact) mass is 268 g/mol. The van der Waals surface area contributed by atoms with E-state index in [0.717, 1.165) is 16.0 Å². The summed E-state index contributed by atoms with van der Waals surface area (Å²) in [6.45, 7) is 0. The molecule has 6 nitrogen and oxygen atoms in total. The van der Waals surface area contributed by atoms with Crippen LogP contribution < -0.4 is 16.3 Å². The van der Waals surface area contributed by atoms with Gasteiger partial charge in [-0.15, -0.1) is 5.10 Å². The first-order valence-electron chi connectivity index (χ1n) is 5.96. The van der Waals surface area contributed by atoms with Crippen molar-refractivity contribution < 1.29 is 9.63 Å². The van der Waals surface area contributed by atoms with Gasteiger partial charge in [-0.1, -0.05) is 41.2 Å². The molecule has 0 radical (unpaired) electrons. The van der Waals surface area contributed by atoms with Crippen LogP contribution in [0.15, 0.2) is 48.5 Å². The van der Waals surface area contributed by atoms with E-state index in [1.807, 2.05) is 42.5 Å². The Labute approximate surface area is 114 Å². The Balaban J connectivity index is 2.13. The minimum atomic E-state index is -0.943. The van der Waals surface area contributed by atoms with Crippen LogP contribution in [0, 0.1) is 0 Å². The first-order chi connectivity index (χ1) is 9.65. The van der Waals surface area contributed by atoms with E-state index in [1.165, 1.54) is 0 Å². The predicted octanol–water partition coefficient (Wildman–Crippen LogP) is 1.79. The van der Waals surface area contributed by atoms with Gasteiger partial charge in [-0.05, 0) is 23.3 Å². The van der Waals surface area contributed by atoms with Crippen molar-refractivity contribution in [2.24, 2.45) is 5.73 Å². The lowest BCUT2D eigenvalue weighted by atomic mass is 10.0. The SMILES string of the molecule is NC(=O)On1nc(N)c2cc(-c3ccccc3)ccc21. The zero-order chi connectivity index (χ0) is 14.1. The van der Waals surface area contributed by atoms with Gasteiger partial charge in [0.05, 0.1) is 0 Å². The largest absolute Gasteiger partial charge is 0.430 e. The van der Waals surface area contributed by atoms with Gasteiger partial charge in [0.25, 0.3) is 0 Å². The average molecular weight is 268 g/mol. The fourth-order valence-electron chi connectivity index (χ4n) is 2.08. The molecule has 0 saturated carbocycles. The minimum absolute atomic E-state index is 0.277. The highest BCUT2D eigenvalue weighted by atomic mass is 16.7. The van der Waals surface area contributed by atoms with Gasteiger partial charge in [0, 0.05) is 5.39 Å². The molecule has 2 aromatic carbocycles. The number of hydrogen-bond acceptors (Lipinski definition) is 4. The van der Waals surface area contributed by atoms with E-state index in [4.69, 9.17) is 16.3 Å². The molecule has 0 aliphatic heterocycles. The van der Waals surface area contributed by atoms with Crippen LogP contribution in [0.4, 0.5) is 10.6 Å². The molecule has 20 heavy (non-hydrogen) atoms.